The molecule has 0 amide bonds. The molecule has 2 spiro atoms. The Balaban J connectivity index is 1.24. The number of hydrogen-bond donors (Lipinski definition) is 8. The first-order valence-electron chi connectivity index (χ1n) is 18.0. The van der Waals surface area contributed by atoms with Gasteiger partial charge in [-0.3, -0.25) is 4.79 Å². The number of hydrogen-bond acceptors (Lipinski definition) is 10. The summed E-state index contributed by atoms with van der Waals surface area (Å²) in [7, 11) is 0. The Kier molecular flexibility index (Phi) is 8.64. The molecule has 5 aliphatic carbocycles. The van der Waals surface area contributed by atoms with Crippen molar-refractivity contribution in [2.45, 2.75) is 154 Å². The minimum absolute atomic E-state index is 0.00804. The normalized spacial score (nSPS) is 52.7. The van der Waals surface area contributed by atoms with Crippen molar-refractivity contribution in [3.63, 3.8) is 0 Å². The predicted molar refractivity (Wildman–Crippen MR) is 170 cm³/mol. The van der Waals surface area contributed by atoms with Crippen LogP contribution in [-0.4, -0.2) is 108 Å². The van der Waals surface area contributed by atoms with Crippen LogP contribution >= 0.6 is 0 Å². The summed E-state index contributed by atoms with van der Waals surface area (Å²) < 4.78 is 11.6. The SMILES string of the molecule is CC(CCC(O)(CO)C(C)(C)O)C1CCC2(C)C3CCC4C(C)(C(=O)O)C(OC5OCC(O)C(O)C5O)CC(O)C45CC35CCC12C. The minimum Gasteiger partial charge on any atom is -0.481 e. The number of rotatable bonds is 9. The Hall–Kier alpha value is -0.890. The average Bonchev–Trinajstić information content (AvgIpc) is 3.62. The van der Waals surface area contributed by atoms with Gasteiger partial charge in [0.1, 0.15) is 23.9 Å². The van der Waals surface area contributed by atoms with E-state index in [-0.39, 0.29) is 41.1 Å². The summed E-state index contributed by atoms with van der Waals surface area (Å²) in [6, 6.07) is 0. The summed E-state index contributed by atoms with van der Waals surface area (Å²) in [6.45, 7) is 11.1. The molecule has 16 atom stereocenters. The number of carbonyl (C=O) groups is 1. The van der Waals surface area contributed by atoms with Gasteiger partial charge in [-0.15, -0.1) is 0 Å². The van der Waals surface area contributed by atoms with Crippen molar-refractivity contribution >= 4 is 5.97 Å². The Morgan fingerprint density at radius 1 is 0.957 bits per heavy atom. The summed E-state index contributed by atoms with van der Waals surface area (Å²) in [6.07, 6.45) is -0.00247. The zero-order chi connectivity index (χ0) is 34.8. The fourth-order valence-corrected chi connectivity index (χ4v) is 12.8. The van der Waals surface area contributed by atoms with Gasteiger partial charge in [0.15, 0.2) is 6.29 Å². The third-order valence-corrected chi connectivity index (χ3v) is 16.1. The van der Waals surface area contributed by atoms with Gasteiger partial charge in [-0.25, -0.2) is 0 Å². The number of aliphatic hydroxyl groups is 7. The molecule has 0 aromatic carbocycles. The Morgan fingerprint density at radius 3 is 2.23 bits per heavy atom. The molecule has 1 heterocycles. The molecule has 1 saturated heterocycles. The van der Waals surface area contributed by atoms with Gasteiger partial charge in [0.05, 0.1) is 36.4 Å². The Morgan fingerprint density at radius 2 is 1.62 bits per heavy atom. The standard InChI is InChI=1S/C36H60O11/c1-19(9-12-35(45,18-37)30(2,3)44)20-10-11-32(5)22-7-8-23-33(6,29(42)43)25(47-28-27(41)26(40)21(38)16-46-28)15-24(39)36(23)17-34(22,36)14-13-31(20,32)4/h19-28,37-41,44-45H,7-18H2,1-6H3,(H,42,43). The lowest BCUT2D eigenvalue weighted by atomic mass is 9.41. The molecule has 5 saturated carbocycles. The molecule has 0 aromatic heterocycles. The molecule has 47 heavy (non-hydrogen) atoms. The number of aliphatic carboxylic acids is 1. The van der Waals surface area contributed by atoms with Crippen molar-refractivity contribution in [1.82, 2.24) is 0 Å². The van der Waals surface area contributed by atoms with Crippen molar-refractivity contribution in [3.8, 4) is 0 Å². The van der Waals surface area contributed by atoms with Crippen LogP contribution in [0.15, 0.2) is 0 Å². The largest absolute Gasteiger partial charge is 0.481 e. The molecular weight excluding hydrogens is 608 g/mol. The highest BCUT2D eigenvalue weighted by molar-refractivity contribution is 5.76. The van der Waals surface area contributed by atoms with Gasteiger partial charge < -0.3 is 50.3 Å². The highest BCUT2D eigenvalue weighted by Crippen LogP contribution is 2.89. The van der Waals surface area contributed by atoms with E-state index in [4.69, 9.17) is 9.47 Å². The molecule has 6 fully saturated rings. The number of carboxylic acid groups (broad SMARTS) is 1. The van der Waals surface area contributed by atoms with E-state index in [1.807, 2.05) is 0 Å². The maximum Gasteiger partial charge on any atom is 0.312 e. The van der Waals surface area contributed by atoms with Crippen molar-refractivity contribution in [2.24, 2.45) is 50.7 Å². The van der Waals surface area contributed by atoms with Crippen LogP contribution in [0.25, 0.3) is 0 Å². The topological polar surface area (TPSA) is 197 Å². The van der Waals surface area contributed by atoms with Crippen LogP contribution in [0.1, 0.15) is 106 Å². The van der Waals surface area contributed by atoms with E-state index in [0.717, 1.165) is 38.5 Å². The van der Waals surface area contributed by atoms with Crippen LogP contribution in [0.4, 0.5) is 0 Å². The number of ether oxygens (including phenoxy) is 2. The van der Waals surface area contributed by atoms with E-state index in [1.54, 1.807) is 6.92 Å². The fourth-order valence-electron chi connectivity index (χ4n) is 12.8. The van der Waals surface area contributed by atoms with E-state index in [0.29, 0.717) is 31.1 Å². The maximum atomic E-state index is 13.2. The van der Waals surface area contributed by atoms with Crippen LogP contribution in [0.5, 0.6) is 0 Å². The highest BCUT2D eigenvalue weighted by atomic mass is 16.7. The summed E-state index contributed by atoms with van der Waals surface area (Å²) in [5.41, 5.74) is -5.04. The molecular formula is C36H60O11. The minimum atomic E-state index is -1.57. The van der Waals surface area contributed by atoms with Crippen LogP contribution in [0.3, 0.4) is 0 Å². The third-order valence-electron chi connectivity index (χ3n) is 16.1. The van der Waals surface area contributed by atoms with Crippen molar-refractivity contribution < 1.29 is 55.1 Å². The smallest absolute Gasteiger partial charge is 0.312 e. The second-order valence-corrected chi connectivity index (χ2v) is 18.0. The molecule has 8 N–H and O–H groups in total. The van der Waals surface area contributed by atoms with E-state index in [1.165, 1.54) is 13.8 Å². The van der Waals surface area contributed by atoms with E-state index in [9.17, 15) is 45.6 Å². The van der Waals surface area contributed by atoms with Gasteiger partial charge in [0.2, 0.25) is 0 Å². The fraction of sp³-hybridized carbons (Fsp3) is 0.972. The number of aliphatic hydroxyl groups excluding tert-OH is 5. The van der Waals surface area contributed by atoms with Gasteiger partial charge in [-0.1, -0.05) is 20.8 Å². The lowest BCUT2D eigenvalue weighted by molar-refractivity contribution is -0.309. The molecule has 0 radical (unpaired) electrons. The second kappa shape index (κ2) is 11.3. The first kappa shape index (κ1) is 35.9. The van der Waals surface area contributed by atoms with E-state index < -0.39 is 71.4 Å². The quantitative estimate of drug-likeness (QED) is 0.168. The van der Waals surface area contributed by atoms with Crippen LogP contribution in [0, 0.1) is 50.7 Å². The zero-order valence-electron chi connectivity index (χ0n) is 29.1. The van der Waals surface area contributed by atoms with Gasteiger partial charge in [0.25, 0.3) is 0 Å². The third kappa shape index (κ3) is 4.66. The van der Waals surface area contributed by atoms with E-state index >= 15 is 0 Å². The highest BCUT2D eigenvalue weighted by Gasteiger charge is 2.86. The summed E-state index contributed by atoms with van der Waals surface area (Å²) >= 11 is 0. The summed E-state index contributed by atoms with van der Waals surface area (Å²) in [5.74, 6) is -0.336. The maximum absolute atomic E-state index is 13.2. The lowest BCUT2D eigenvalue weighted by Gasteiger charge is -2.64. The monoisotopic (exact) mass is 668 g/mol. The average molecular weight is 669 g/mol. The molecule has 11 nitrogen and oxygen atoms in total. The van der Waals surface area contributed by atoms with Crippen LogP contribution in [0.2, 0.25) is 0 Å². The number of carboxylic acids is 1. The molecule has 0 aromatic rings. The zero-order valence-corrected chi connectivity index (χ0v) is 29.1. The van der Waals surface area contributed by atoms with Crippen molar-refractivity contribution in [2.75, 3.05) is 13.2 Å². The molecule has 1 aliphatic heterocycles. The molecule has 6 rings (SSSR count). The van der Waals surface area contributed by atoms with Gasteiger partial charge in [0, 0.05) is 11.8 Å². The van der Waals surface area contributed by atoms with Gasteiger partial charge in [-0.2, -0.15) is 0 Å². The van der Waals surface area contributed by atoms with Crippen LogP contribution < -0.4 is 0 Å². The molecule has 6 aliphatic rings. The number of fused-ring (bicyclic) bond motifs is 2. The molecule has 270 valence electrons. The van der Waals surface area contributed by atoms with Crippen LogP contribution in [-0.2, 0) is 14.3 Å². The van der Waals surface area contributed by atoms with E-state index in [2.05, 4.69) is 20.8 Å². The predicted octanol–water partition coefficient (Wildman–Crippen LogP) is 2.20. The summed E-state index contributed by atoms with van der Waals surface area (Å²) in [5, 5.41) is 85.1. The molecule has 0 bridgehead atoms. The Labute approximate surface area is 278 Å². The Bertz CT molecular complexity index is 1220. The van der Waals surface area contributed by atoms with Crippen molar-refractivity contribution in [3.05, 3.63) is 0 Å². The first-order valence-corrected chi connectivity index (χ1v) is 18.0. The van der Waals surface area contributed by atoms with Crippen molar-refractivity contribution in [1.29, 1.82) is 0 Å². The van der Waals surface area contributed by atoms with Gasteiger partial charge in [-0.05, 0) is 118 Å². The second-order valence-electron chi connectivity index (χ2n) is 18.0. The molecule has 11 heteroatoms. The summed E-state index contributed by atoms with van der Waals surface area (Å²) in [4.78, 5) is 13.2. The molecule has 16 unspecified atom stereocenters. The van der Waals surface area contributed by atoms with Gasteiger partial charge >= 0.3 is 5.97 Å². The first-order chi connectivity index (χ1) is 21.7. The lowest BCUT2D eigenvalue weighted by Crippen LogP contribution is -2.65.